The van der Waals surface area contributed by atoms with E-state index in [0.29, 0.717) is 24.7 Å². The Morgan fingerprint density at radius 2 is 2.18 bits per heavy atom. The summed E-state index contributed by atoms with van der Waals surface area (Å²) in [6, 6.07) is 6.40. The number of amides is 1. The Balaban J connectivity index is 0.00000392. The molecule has 0 aliphatic carbocycles. The number of halogens is 2. The van der Waals surface area contributed by atoms with Crippen LogP contribution in [0.3, 0.4) is 0 Å². The van der Waals surface area contributed by atoms with Crippen LogP contribution < -0.4 is 15.4 Å². The minimum atomic E-state index is -0.313. The lowest BCUT2D eigenvalue weighted by atomic mass is 10.1. The first-order valence-corrected chi connectivity index (χ1v) is 9.69. The van der Waals surface area contributed by atoms with Crippen molar-refractivity contribution in [3.05, 3.63) is 30.1 Å². The van der Waals surface area contributed by atoms with Crippen LogP contribution in [0, 0.1) is 5.82 Å². The molecule has 2 rings (SSSR count). The SMILES string of the molecule is CCC(CCNC(=NC)NCC(C)Oc1cccc(F)c1)N1CCCC1=O.I. The van der Waals surface area contributed by atoms with Gasteiger partial charge in [0, 0.05) is 38.7 Å². The third kappa shape index (κ3) is 7.81. The zero-order valence-corrected chi connectivity index (χ0v) is 19.2. The van der Waals surface area contributed by atoms with Gasteiger partial charge in [0.25, 0.3) is 0 Å². The number of carbonyl (C=O) groups is 1. The van der Waals surface area contributed by atoms with Gasteiger partial charge in [-0.15, -0.1) is 24.0 Å². The van der Waals surface area contributed by atoms with E-state index in [4.69, 9.17) is 4.74 Å². The van der Waals surface area contributed by atoms with E-state index < -0.39 is 0 Å². The molecule has 0 spiro atoms. The van der Waals surface area contributed by atoms with Crippen molar-refractivity contribution in [2.45, 2.75) is 51.7 Å². The fourth-order valence-electron chi connectivity index (χ4n) is 3.27. The summed E-state index contributed by atoms with van der Waals surface area (Å²) in [7, 11) is 1.72. The summed E-state index contributed by atoms with van der Waals surface area (Å²) in [5.41, 5.74) is 0. The Kier molecular flexibility index (Phi) is 11.2. The van der Waals surface area contributed by atoms with Crippen molar-refractivity contribution in [2.75, 3.05) is 26.7 Å². The summed E-state index contributed by atoms with van der Waals surface area (Å²) >= 11 is 0. The van der Waals surface area contributed by atoms with Crippen LogP contribution in [0.2, 0.25) is 0 Å². The second-order valence-corrected chi connectivity index (χ2v) is 6.81. The van der Waals surface area contributed by atoms with Crippen LogP contribution in [0.4, 0.5) is 4.39 Å². The highest BCUT2D eigenvalue weighted by Crippen LogP contribution is 2.17. The van der Waals surface area contributed by atoms with Crippen LogP contribution in [0.1, 0.15) is 39.5 Å². The minimum Gasteiger partial charge on any atom is -0.489 e. The van der Waals surface area contributed by atoms with Crippen molar-refractivity contribution in [3.63, 3.8) is 0 Å². The topological polar surface area (TPSA) is 66.0 Å². The lowest BCUT2D eigenvalue weighted by molar-refractivity contribution is -0.129. The summed E-state index contributed by atoms with van der Waals surface area (Å²) in [6.07, 6.45) is 3.35. The zero-order chi connectivity index (χ0) is 19.6. The van der Waals surface area contributed by atoms with Gasteiger partial charge in [-0.3, -0.25) is 9.79 Å². The van der Waals surface area contributed by atoms with Gasteiger partial charge in [-0.1, -0.05) is 13.0 Å². The molecular weight excluding hydrogens is 474 g/mol. The second kappa shape index (κ2) is 12.8. The van der Waals surface area contributed by atoms with Crippen molar-refractivity contribution in [1.29, 1.82) is 0 Å². The summed E-state index contributed by atoms with van der Waals surface area (Å²) in [6.45, 7) is 6.18. The highest BCUT2D eigenvalue weighted by molar-refractivity contribution is 14.0. The molecule has 1 amide bonds. The monoisotopic (exact) mass is 506 g/mol. The molecule has 8 heteroatoms. The molecule has 6 nitrogen and oxygen atoms in total. The molecule has 158 valence electrons. The highest BCUT2D eigenvalue weighted by Gasteiger charge is 2.26. The number of ether oxygens (including phenoxy) is 1. The molecule has 1 aliphatic rings. The molecule has 2 unspecified atom stereocenters. The standard InChI is InChI=1S/C20H31FN4O2.HI/c1-4-17(25-12-6-9-19(25)26)10-11-23-20(22-3)24-14-15(2)27-18-8-5-7-16(21)13-18;/h5,7-8,13,15,17H,4,6,9-12,14H2,1-3H3,(H2,22,23,24);1H. The third-order valence-corrected chi connectivity index (χ3v) is 4.71. The molecule has 0 radical (unpaired) electrons. The lowest BCUT2D eigenvalue weighted by Crippen LogP contribution is -2.44. The highest BCUT2D eigenvalue weighted by atomic mass is 127. The molecule has 2 atom stereocenters. The second-order valence-electron chi connectivity index (χ2n) is 6.81. The van der Waals surface area contributed by atoms with Crippen LogP contribution >= 0.6 is 24.0 Å². The molecule has 1 aliphatic heterocycles. The summed E-state index contributed by atoms with van der Waals surface area (Å²) < 4.78 is 18.9. The van der Waals surface area contributed by atoms with Gasteiger partial charge in [0.2, 0.25) is 5.91 Å². The van der Waals surface area contributed by atoms with Gasteiger partial charge in [0.15, 0.2) is 5.96 Å². The Labute approximate surface area is 184 Å². The maximum absolute atomic E-state index is 13.2. The largest absolute Gasteiger partial charge is 0.489 e. The molecule has 0 aromatic heterocycles. The predicted molar refractivity (Wildman–Crippen MR) is 121 cm³/mol. The molecule has 0 saturated carbocycles. The molecule has 28 heavy (non-hydrogen) atoms. The number of carbonyl (C=O) groups excluding carboxylic acids is 1. The Hall–Kier alpha value is -1.58. The number of hydrogen-bond donors (Lipinski definition) is 2. The number of aliphatic imine (C=N–C) groups is 1. The molecule has 1 heterocycles. The van der Waals surface area contributed by atoms with Crippen molar-refractivity contribution in [3.8, 4) is 5.75 Å². The normalized spacial score (nSPS) is 16.4. The fourth-order valence-corrected chi connectivity index (χ4v) is 3.27. The van der Waals surface area contributed by atoms with Gasteiger partial charge < -0.3 is 20.3 Å². The van der Waals surface area contributed by atoms with E-state index in [0.717, 1.165) is 32.4 Å². The molecule has 1 aromatic rings. The number of nitrogens with one attached hydrogen (secondary N) is 2. The average Bonchev–Trinajstić information content (AvgIpc) is 3.07. The Bertz CT molecular complexity index is 644. The summed E-state index contributed by atoms with van der Waals surface area (Å²) in [4.78, 5) is 18.1. The molecule has 1 saturated heterocycles. The molecule has 1 fully saturated rings. The van der Waals surface area contributed by atoms with Crippen molar-refractivity contribution >= 4 is 35.8 Å². The first kappa shape index (κ1) is 24.5. The number of benzene rings is 1. The molecule has 1 aromatic carbocycles. The molecular formula is C20H32FIN4O2. The number of likely N-dealkylation sites (tertiary alicyclic amines) is 1. The molecule has 2 N–H and O–H groups in total. The van der Waals surface area contributed by atoms with Crippen LogP contribution in [0.5, 0.6) is 5.75 Å². The van der Waals surface area contributed by atoms with Gasteiger partial charge in [0.05, 0.1) is 6.54 Å². The average molecular weight is 506 g/mol. The maximum atomic E-state index is 13.2. The van der Waals surface area contributed by atoms with E-state index >= 15 is 0 Å². The zero-order valence-electron chi connectivity index (χ0n) is 16.9. The van der Waals surface area contributed by atoms with E-state index in [2.05, 4.69) is 22.5 Å². The van der Waals surface area contributed by atoms with Crippen LogP contribution in [0.25, 0.3) is 0 Å². The lowest BCUT2D eigenvalue weighted by Gasteiger charge is -2.27. The van der Waals surface area contributed by atoms with E-state index in [1.54, 1.807) is 19.2 Å². The maximum Gasteiger partial charge on any atom is 0.222 e. The van der Waals surface area contributed by atoms with E-state index in [-0.39, 0.29) is 47.8 Å². The Morgan fingerprint density at radius 3 is 2.79 bits per heavy atom. The predicted octanol–water partition coefficient (Wildman–Crippen LogP) is 3.17. The van der Waals surface area contributed by atoms with Gasteiger partial charge in [0.1, 0.15) is 17.7 Å². The third-order valence-electron chi connectivity index (χ3n) is 4.71. The minimum absolute atomic E-state index is 0. The number of guanidine groups is 1. The first-order valence-electron chi connectivity index (χ1n) is 9.69. The number of rotatable bonds is 9. The summed E-state index contributed by atoms with van der Waals surface area (Å²) in [5.74, 6) is 1.15. The number of nitrogens with zero attached hydrogens (tertiary/aromatic N) is 2. The van der Waals surface area contributed by atoms with E-state index in [1.807, 2.05) is 11.8 Å². The van der Waals surface area contributed by atoms with Gasteiger partial charge in [-0.25, -0.2) is 4.39 Å². The van der Waals surface area contributed by atoms with Crippen molar-refractivity contribution in [2.24, 2.45) is 4.99 Å². The van der Waals surface area contributed by atoms with Gasteiger partial charge >= 0.3 is 0 Å². The van der Waals surface area contributed by atoms with E-state index in [9.17, 15) is 9.18 Å². The van der Waals surface area contributed by atoms with Crippen LogP contribution in [-0.2, 0) is 4.79 Å². The number of hydrogen-bond acceptors (Lipinski definition) is 3. The van der Waals surface area contributed by atoms with E-state index in [1.165, 1.54) is 12.1 Å². The molecule has 0 bridgehead atoms. The smallest absolute Gasteiger partial charge is 0.222 e. The quantitative estimate of drug-likeness (QED) is 0.307. The van der Waals surface area contributed by atoms with Crippen molar-refractivity contribution in [1.82, 2.24) is 15.5 Å². The van der Waals surface area contributed by atoms with Crippen molar-refractivity contribution < 1.29 is 13.9 Å². The van der Waals surface area contributed by atoms with Gasteiger partial charge in [-0.2, -0.15) is 0 Å². The summed E-state index contributed by atoms with van der Waals surface area (Å²) in [5, 5.41) is 6.50. The van der Waals surface area contributed by atoms with Gasteiger partial charge in [-0.05, 0) is 38.3 Å². The van der Waals surface area contributed by atoms with Crippen LogP contribution in [-0.4, -0.2) is 55.6 Å². The van der Waals surface area contributed by atoms with Crippen LogP contribution in [0.15, 0.2) is 29.3 Å². The first-order chi connectivity index (χ1) is 13.0. The fraction of sp³-hybridized carbons (Fsp3) is 0.600. The Morgan fingerprint density at radius 1 is 1.39 bits per heavy atom.